The van der Waals surface area contributed by atoms with Crippen molar-refractivity contribution in [1.29, 1.82) is 0 Å². The van der Waals surface area contributed by atoms with Gasteiger partial charge in [-0.15, -0.1) is 0 Å². The maximum atomic E-state index is 6.05. The van der Waals surface area contributed by atoms with E-state index in [2.05, 4.69) is 40.5 Å². The fraction of sp³-hybridized carbons (Fsp3) is 0.625. The molecule has 1 aliphatic carbocycles. The van der Waals surface area contributed by atoms with Crippen molar-refractivity contribution in [1.82, 2.24) is 5.32 Å². The highest BCUT2D eigenvalue weighted by molar-refractivity contribution is 5.46. The molecule has 3 nitrogen and oxygen atoms in total. The third-order valence-electron chi connectivity index (χ3n) is 4.70. The lowest BCUT2D eigenvalue weighted by molar-refractivity contribution is 0.264. The van der Waals surface area contributed by atoms with Crippen LogP contribution in [0.25, 0.3) is 0 Å². The minimum atomic E-state index is 0.188. The van der Waals surface area contributed by atoms with Crippen LogP contribution in [0.3, 0.4) is 0 Å². The molecule has 0 amide bonds. The predicted octanol–water partition coefficient (Wildman–Crippen LogP) is 1.98. The lowest BCUT2D eigenvalue weighted by Gasteiger charge is -2.43. The molecule has 3 N–H and O–H groups in total. The molecule has 104 valence electrons. The van der Waals surface area contributed by atoms with Gasteiger partial charge in [0.2, 0.25) is 0 Å². The Morgan fingerprint density at radius 2 is 1.84 bits per heavy atom. The van der Waals surface area contributed by atoms with Gasteiger partial charge in [-0.05, 0) is 50.3 Å². The molecule has 2 aliphatic rings. The summed E-state index contributed by atoms with van der Waals surface area (Å²) in [4.78, 5) is 2.48. The van der Waals surface area contributed by atoms with Crippen molar-refractivity contribution < 1.29 is 0 Å². The average Bonchev–Trinajstić information content (AvgIpc) is 3.31. The highest BCUT2D eigenvalue weighted by Gasteiger charge is 2.34. The Morgan fingerprint density at radius 3 is 2.42 bits per heavy atom. The summed E-state index contributed by atoms with van der Waals surface area (Å²) >= 11 is 0. The van der Waals surface area contributed by atoms with E-state index in [1.54, 1.807) is 0 Å². The van der Waals surface area contributed by atoms with Gasteiger partial charge in [0.15, 0.2) is 0 Å². The SMILES string of the molecule is NCC1(NCC2CC2)CCN(c2ccccc2)CC1. The first-order chi connectivity index (χ1) is 9.31. The number of rotatable bonds is 5. The van der Waals surface area contributed by atoms with Gasteiger partial charge in [0.1, 0.15) is 0 Å². The van der Waals surface area contributed by atoms with Crippen LogP contribution in [-0.4, -0.2) is 31.7 Å². The summed E-state index contributed by atoms with van der Waals surface area (Å²) in [6.45, 7) is 4.16. The van der Waals surface area contributed by atoms with E-state index < -0.39 is 0 Å². The molecular weight excluding hydrogens is 234 g/mol. The second-order valence-corrected chi connectivity index (χ2v) is 6.13. The predicted molar refractivity (Wildman–Crippen MR) is 80.4 cm³/mol. The quantitative estimate of drug-likeness (QED) is 0.849. The van der Waals surface area contributed by atoms with Gasteiger partial charge in [0, 0.05) is 30.9 Å². The number of nitrogens with two attached hydrogens (primary N) is 1. The Labute approximate surface area is 116 Å². The standard InChI is InChI=1S/C16H25N3/c17-13-16(18-12-14-6-7-14)8-10-19(11-9-16)15-4-2-1-3-5-15/h1-5,14,18H,6-13,17H2. The molecule has 1 aromatic carbocycles. The van der Waals surface area contributed by atoms with Crippen LogP contribution in [-0.2, 0) is 0 Å². The zero-order valence-corrected chi connectivity index (χ0v) is 11.6. The molecule has 0 radical (unpaired) electrons. The first kappa shape index (κ1) is 12.9. The summed E-state index contributed by atoms with van der Waals surface area (Å²) < 4.78 is 0. The van der Waals surface area contributed by atoms with Gasteiger partial charge >= 0.3 is 0 Å². The summed E-state index contributed by atoms with van der Waals surface area (Å²) in [5, 5.41) is 3.77. The van der Waals surface area contributed by atoms with Crippen LogP contribution in [0.4, 0.5) is 5.69 Å². The van der Waals surface area contributed by atoms with Crippen molar-refractivity contribution in [3.05, 3.63) is 30.3 Å². The van der Waals surface area contributed by atoms with Gasteiger partial charge in [-0.2, -0.15) is 0 Å². The molecule has 1 saturated heterocycles. The summed E-state index contributed by atoms with van der Waals surface area (Å²) in [6.07, 6.45) is 5.13. The lowest BCUT2D eigenvalue weighted by atomic mass is 9.87. The Bertz CT molecular complexity index is 392. The smallest absolute Gasteiger partial charge is 0.0366 e. The molecule has 0 bridgehead atoms. The first-order valence-electron chi connectivity index (χ1n) is 7.56. The van der Waals surface area contributed by atoms with Crippen molar-refractivity contribution >= 4 is 5.69 Å². The first-order valence-corrected chi connectivity index (χ1v) is 7.56. The minimum Gasteiger partial charge on any atom is -0.371 e. The number of nitrogens with one attached hydrogen (secondary N) is 1. The van der Waals surface area contributed by atoms with Crippen LogP contribution in [0.15, 0.2) is 30.3 Å². The monoisotopic (exact) mass is 259 g/mol. The normalized spacial score (nSPS) is 22.5. The number of anilines is 1. The van der Waals surface area contributed by atoms with Gasteiger partial charge in [-0.3, -0.25) is 0 Å². The fourth-order valence-electron chi connectivity index (χ4n) is 2.97. The molecular formula is C16H25N3. The van der Waals surface area contributed by atoms with Gasteiger partial charge in [-0.1, -0.05) is 18.2 Å². The molecule has 19 heavy (non-hydrogen) atoms. The van der Waals surface area contributed by atoms with E-state index in [1.165, 1.54) is 25.1 Å². The van der Waals surface area contributed by atoms with E-state index in [4.69, 9.17) is 5.73 Å². The van der Waals surface area contributed by atoms with E-state index >= 15 is 0 Å². The molecule has 0 unspecified atom stereocenters. The van der Waals surface area contributed by atoms with Crippen LogP contribution < -0.4 is 16.0 Å². The second-order valence-electron chi connectivity index (χ2n) is 6.13. The minimum absolute atomic E-state index is 0.188. The molecule has 2 fully saturated rings. The molecule has 0 spiro atoms. The van der Waals surface area contributed by atoms with Crippen LogP contribution in [0.2, 0.25) is 0 Å². The number of nitrogens with zero attached hydrogens (tertiary/aromatic N) is 1. The van der Waals surface area contributed by atoms with E-state index in [0.29, 0.717) is 0 Å². The Balaban J connectivity index is 1.57. The van der Waals surface area contributed by atoms with E-state index in [0.717, 1.165) is 38.4 Å². The molecule has 0 atom stereocenters. The topological polar surface area (TPSA) is 41.3 Å². The zero-order chi connectivity index (χ0) is 13.1. The van der Waals surface area contributed by atoms with Gasteiger partial charge in [0.25, 0.3) is 0 Å². The summed E-state index contributed by atoms with van der Waals surface area (Å²) in [6, 6.07) is 10.7. The second kappa shape index (κ2) is 5.51. The van der Waals surface area contributed by atoms with Crippen LogP contribution in [0.1, 0.15) is 25.7 Å². The van der Waals surface area contributed by atoms with Crippen molar-refractivity contribution in [2.45, 2.75) is 31.2 Å². The van der Waals surface area contributed by atoms with E-state index in [9.17, 15) is 0 Å². The number of hydrogen-bond acceptors (Lipinski definition) is 3. The molecule has 3 heteroatoms. The van der Waals surface area contributed by atoms with Crippen molar-refractivity contribution in [3.63, 3.8) is 0 Å². The zero-order valence-electron chi connectivity index (χ0n) is 11.6. The molecule has 1 aliphatic heterocycles. The molecule has 0 aromatic heterocycles. The summed E-state index contributed by atoms with van der Waals surface area (Å²) in [5.74, 6) is 0.926. The molecule has 1 heterocycles. The molecule has 1 aromatic rings. The fourth-order valence-corrected chi connectivity index (χ4v) is 2.97. The summed E-state index contributed by atoms with van der Waals surface area (Å²) in [7, 11) is 0. The maximum absolute atomic E-state index is 6.05. The maximum Gasteiger partial charge on any atom is 0.0366 e. The molecule has 3 rings (SSSR count). The number of benzene rings is 1. The Hall–Kier alpha value is -1.06. The van der Waals surface area contributed by atoms with E-state index in [1.807, 2.05) is 0 Å². The highest BCUT2D eigenvalue weighted by Crippen LogP contribution is 2.30. The van der Waals surface area contributed by atoms with Crippen molar-refractivity contribution in [3.8, 4) is 0 Å². The average molecular weight is 259 g/mol. The van der Waals surface area contributed by atoms with Gasteiger partial charge in [-0.25, -0.2) is 0 Å². The third kappa shape index (κ3) is 3.10. The number of piperidine rings is 1. The Kier molecular flexibility index (Phi) is 3.76. The van der Waals surface area contributed by atoms with Gasteiger partial charge < -0.3 is 16.0 Å². The van der Waals surface area contributed by atoms with Crippen molar-refractivity contribution in [2.24, 2.45) is 11.7 Å². The largest absolute Gasteiger partial charge is 0.371 e. The number of hydrogen-bond donors (Lipinski definition) is 2. The van der Waals surface area contributed by atoms with Crippen LogP contribution in [0.5, 0.6) is 0 Å². The third-order valence-corrected chi connectivity index (χ3v) is 4.70. The highest BCUT2D eigenvalue weighted by atomic mass is 15.2. The number of para-hydroxylation sites is 1. The van der Waals surface area contributed by atoms with Crippen molar-refractivity contribution in [2.75, 3.05) is 31.1 Å². The lowest BCUT2D eigenvalue weighted by Crippen LogP contribution is -2.58. The van der Waals surface area contributed by atoms with Crippen LogP contribution in [0, 0.1) is 5.92 Å². The van der Waals surface area contributed by atoms with Gasteiger partial charge in [0.05, 0.1) is 0 Å². The summed E-state index contributed by atoms with van der Waals surface area (Å²) in [5.41, 5.74) is 7.58. The molecule has 1 saturated carbocycles. The Morgan fingerprint density at radius 1 is 1.16 bits per heavy atom. The van der Waals surface area contributed by atoms with Crippen LogP contribution >= 0.6 is 0 Å². The van der Waals surface area contributed by atoms with E-state index in [-0.39, 0.29) is 5.54 Å².